The molecule has 0 radical (unpaired) electrons. The van der Waals surface area contributed by atoms with Crippen molar-refractivity contribution in [3.8, 4) is 0 Å². The van der Waals surface area contributed by atoms with Crippen molar-refractivity contribution >= 4 is 29.5 Å². The summed E-state index contributed by atoms with van der Waals surface area (Å²) in [7, 11) is 0. The Labute approximate surface area is 149 Å². The summed E-state index contributed by atoms with van der Waals surface area (Å²) in [6.07, 6.45) is 1.49. The summed E-state index contributed by atoms with van der Waals surface area (Å²) < 4.78 is 0. The fourth-order valence-corrected chi connectivity index (χ4v) is 1.90. The molecule has 2 aromatic rings. The molecule has 2 aromatic carbocycles. The summed E-state index contributed by atoms with van der Waals surface area (Å²) in [5.41, 5.74) is 4.33. The number of non-ortho nitro benzene ring substituents is 1. The van der Waals surface area contributed by atoms with Gasteiger partial charge in [-0.2, -0.15) is 5.10 Å². The summed E-state index contributed by atoms with van der Waals surface area (Å²) in [6, 6.07) is 12.4. The van der Waals surface area contributed by atoms with E-state index in [1.165, 1.54) is 30.5 Å². The average molecular weight is 355 g/mol. The summed E-state index contributed by atoms with van der Waals surface area (Å²) in [6.45, 7) is 1.67. The zero-order valence-corrected chi connectivity index (χ0v) is 13.9. The van der Waals surface area contributed by atoms with Crippen molar-refractivity contribution < 1.29 is 14.5 Å². The number of nitrogens with zero attached hydrogens (tertiary/aromatic N) is 2. The van der Waals surface area contributed by atoms with Crippen LogP contribution in [-0.2, 0) is 4.79 Å². The van der Waals surface area contributed by atoms with Gasteiger partial charge < -0.3 is 10.6 Å². The van der Waals surface area contributed by atoms with E-state index in [9.17, 15) is 19.7 Å². The highest BCUT2D eigenvalue weighted by Gasteiger charge is 2.09. The maximum absolute atomic E-state index is 11.7. The second kappa shape index (κ2) is 8.92. The van der Waals surface area contributed by atoms with E-state index in [1.54, 1.807) is 0 Å². The highest BCUT2D eigenvalue weighted by molar-refractivity contribution is 5.92. The molecular formula is C17H17N5O4. The molecule has 9 nitrogen and oxygen atoms in total. The SMILES string of the molecule is Cc1ccc(C=NNC(=O)CNC(=O)Nc2cccc([N+](=O)[O-])c2)cc1. The van der Waals surface area contributed by atoms with Crippen LogP contribution in [0.15, 0.2) is 53.6 Å². The Hall–Kier alpha value is -3.75. The van der Waals surface area contributed by atoms with Gasteiger partial charge >= 0.3 is 6.03 Å². The molecular weight excluding hydrogens is 338 g/mol. The third kappa shape index (κ3) is 6.04. The fraction of sp³-hybridized carbons (Fsp3) is 0.118. The van der Waals surface area contributed by atoms with Crippen LogP contribution in [-0.4, -0.2) is 29.6 Å². The predicted molar refractivity (Wildman–Crippen MR) is 97.0 cm³/mol. The lowest BCUT2D eigenvalue weighted by Crippen LogP contribution is -2.37. The van der Waals surface area contributed by atoms with Gasteiger partial charge in [-0.15, -0.1) is 0 Å². The Morgan fingerprint density at radius 3 is 2.62 bits per heavy atom. The Kier molecular flexibility index (Phi) is 6.38. The summed E-state index contributed by atoms with van der Waals surface area (Å²) in [5.74, 6) is -0.512. The first-order valence-electron chi connectivity index (χ1n) is 7.62. The third-order valence-corrected chi connectivity index (χ3v) is 3.20. The van der Waals surface area contributed by atoms with Crippen molar-refractivity contribution in [3.63, 3.8) is 0 Å². The highest BCUT2D eigenvalue weighted by Crippen LogP contribution is 2.16. The van der Waals surface area contributed by atoms with Gasteiger partial charge in [0.1, 0.15) is 6.54 Å². The monoisotopic (exact) mass is 355 g/mol. The molecule has 9 heteroatoms. The lowest BCUT2D eigenvalue weighted by atomic mass is 10.2. The fourth-order valence-electron chi connectivity index (χ4n) is 1.90. The number of nitrogens with one attached hydrogen (secondary N) is 3. The van der Waals surface area contributed by atoms with Gasteiger partial charge in [-0.1, -0.05) is 35.9 Å². The minimum atomic E-state index is -0.664. The number of carbonyl (C=O) groups is 2. The Balaban J connectivity index is 1.76. The number of nitro benzene ring substituents is 1. The molecule has 0 saturated heterocycles. The first-order chi connectivity index (χ1) is 12.4. The van der Waals surface area contributed by atoms with Gasteiger partial charge in [0.15, 0.2) is 0 Å². The van der Waals surface area contributed by atoms with Crippen LogP contribution < -0.4 is 16.1 Å². The molecule has 0 aliphatic carbocycles. The maximum atomic E-state index is 11.7. The van der Waals surface area contributed by atoms with Gasteiger partial charge in [-0.3, -0.25) is 14.9 Å². The molecule has 26 heavy (non-hydrogen) atoms. The largest absolute Gasteiger partial charge is 0.329 e. The Bertz CT molecular complexity index is 833. The summed E-state index contributed by atoms with van der Waals surface area (Å²) in [4.78, 5) is 33.5. The highest BCUT2D eigenvalue weighted by atomic mass is 16.6. The minimum Gasteiger partial charge on any atom is -0.329 e. The lowest BCUT2D eigenvalue weighted by molar-refractivity contribution is -0.384. The van der Waals surface area contributed by atoms with Gasteiger partial charge in [0.2, 0.25) is 0 Å². The number of carbonyl (C=O) groups excluding carboxylic acids is 2. The molecule has 0 spiro atoms. The van der Waals surface area contributed by atoms with Crippen molar-refractivity contribution in [1.82, 2.24) is 10.7 Å². The van der Waals surface area contributed by atoms with Gasteiger partial charge in [0.25, 0.3) is 11.6 Å². The minimum absolute atomic E-state index is 0.147. The first-order valence-corrected chi connectivity index (χ1v) is 7.62. The standard InChI is InChI=1S/C17H17N5O4/c1-12-5-7-13(8-6-12)10-19-21-16(23)11-18-17(24)20-14-3-2-4-15(9-14)22(25)26/h2-10H,11H2,1H3,(H,21,23)(H2,18,20,24). The number of nitro groups is 1. The topological polar surface area (TPSA) is 126 Å². The molecule has 0 fully saturated rings. The second-order valence-corrected chi connectivity index (χ2v) is 5.32. The number of benzene rings is 2. The Morgan fingerprint density at radius 2 is 1.92 bits per heavy atom. The number of urea groups is 1. The Morgan fingerprint density at radius 1 is 1.19 bits per heavy atom. The molecule has 0 heterocycles. The average Bonchev–Trinajstić information content (AvgIpc) is 2.62. The van der Waals surface area contributed by atoms with E-state index in [2.05, 4.69) is 21.2 Å². The number of hydrogen-bond donors (Lipinski definition) is 3. The summed E-state index contributed by atoms with van der Waals surface area (Å²) >= 11 is 0. The summed E-state index contributed by atoms with van der Waals surface area (Å²) in [5, 5.41) is 19.2. The lowest BCUT2D eigenvalue weighted by Gasteiger charge is -2.06. The van der Waals surface area contributed by atoms with Gasteiger partial charge in [-0.05, 0) is 18.6 Å². The third-order valence-electron chi connectivity index (χ3n) is 3.20. The van der Waals surface area contributed by atoms with Gasteiger partial charge in [-0.25, -0.2) is 10.2 Å². The zero-order chi connectivity index (χ0) is 18.9. The maximum Gasteiger partial charge on any atom is 0.319 e. The van der Waals surface area contributed by atoms with Crippen LogP contribution in [0.2, 0.25) is 0 Å². The van der Waals surface area contributed by atoms with Crippen LogP contribution in [0, 0.1) is 17.0 Å². The smallest absolute Gasteiger partial charge is 0.319 e. The quantitative estimate of drug-likeness (QED) is 0.417. The van der Waals surface area contributed by atoms with Crippen molar-refractivity contribution in [2.75, 3.05) is 11.9 Å². The van der Waals surface area contributed by atoms with Crippen molar-refractivity contribution in [2.45, 2.75) is 6.92 Å². The van der Waals surface area contributed by atoms with E-state index >= 15 is 0 Å². The van der Waals surface area contributed by atoms with E-state index in [4.69, 9.17) is 0 Å². The number of amides is 3. The van der Waals surface area contributed by atoms with Crippen LogP contribution in [0.1, 0.15) is 11.1 Å². The van der Waals surface area contributed by atoms with Crippen molar-refractivity contribution in [1.29, 1.82) is 0 Å². The normalized spacial score (nSPS) is 10.3. The molecule has 134 valence electrons. The van der Waals surface area contributed by atoms with Crippen LogP contribution >= 0.6 is 0 Å². The molecule has 0 aliphatic heterocycles. The van der Waals surface area contributed by atoms with E-state index < -0.39 is 16.9 Å². The van der Waals surface area contributed by atoms with Crippen LogP contribution in [0.4, 0.5) is 16.2 Å². The molecule has 0 bridgehead atoms. The first kappa shape index (κ1) is 18.6. The molecule has 0 aromatic heterocycles. The van der Waals surface area contributed by atoms with E-state index in [0.717, 1.165) is 11.1 Å². The molecule has 2 rings (SSSR count). The van der Waals surface area contributed by atoms with Gasteiger partial charge in [0, 0.05) is 17.8 Å². The predicted octanol–water partition coefficient (Wildman–Crippen LogP) is 2.18. The van der Waals surface area contributed by atoms with Crippen molar-refractivity contribution in [3.05, 3.63) is 69.8 Å². The van der Waals surface area contributed by atoms with Crippen LogP contribution in [0.25, 0.3) is 0 Å². The number of anilines is 1. The second-order valence-electron chi connectivity index (χ2n) is 5.32. The molecule has 0 saturated carbocycles. The van der Waals surface area contributed by atoms with Gasteiger partial charge in [0.05, 0.1) is 11.1 Å². The molecule has 0 unspecified atom stereocenters. The van der Waals surface area contributed by atoms with Crippen LogP contribution in [0.5, 0.6) is 0 Å². The van der Waals surface area contributed by atoms with Crippen LogP contribution in [0.3, 0.4) is 0 Å². The molecule has 3 amide bonds. The number of aryl methyl sites for hydroxylation is 1. The van der Waals surface area contributed by atoms with E-state index in [-0.39, 0.29) is 17.9 Å². The molecule has 3 N–H and O–H groups in total. The van der Waals surface area contributed by atoms with Crippen molar-refractivity contribution in [2.24, 2.45) is 5.10 Å². The zero-order valence-electron chi connectivity index (χ0n) is 13.9. The number of hydrazone groups is 1. The number of rotatable bonds is 6. The number of hydrogen-bond acceptors (Lipinski definition) is 5. The molecule has 0 aliphatic rings. The molecule has 0 atom stereocenters. The van der Waals surface area contributed by atoms with E-state index in [1.807, 2.05) is 31.2 Å². The van der Waals surface area contributed by atoms with E-state index in [0.29, 0.717) is 0 Å².